The van der Waals surface area contributed by atoms with Gasteiger partial charge in [0.05, 0.1) is 10.4 Å². The van der Waals surface area contributed by atoms with Crippen LogP contribution in [0.15, 0.2) is 12.3 Å². The standard InChI is InChI=1S/C13H21N3O2S/c1-12(2,3)18-11(17)16-13(6-4-7-14-9-13)10-5-8-15-19-10/h5,8,14H,4,6-7,9H2,1-3H3,(H,16,17). The number of aromatic nitrogens is 1. The summed E-state index contributed by atoms with van der Waals surface area (Å²) < 4.78 is 9.52. The van der Waals surface area contributed by atoms with E-state index in [1.54, 1.807) is 6.20 Å². The van der Waals surface area contributed by atoms with Crippen LogP contribution in [0.1, 0.15) is 38.5 Å². The highest BCUT2D eigenvalue weighted by Crippen LogP contribution is 2.31. The molecule has 0 spiro atoms. The summed E-state index contributed by atoms with van der Waals surface area (Å²) in [5, 5.41) is 6.38. The van der Waals surface area contributed by atoms with Gasteiger partial charge in [-0.05, 0) is 57.8 Å². The van der Waals surface area contributed by atoms with Crippen molar-refractivity contribution in [3.63, 3.8) is 0 Å². The number of nitrogens with one attached hydrogen (secondary N) is 2. The summed E-state index contributed by atoms with van der Waals surface area (Å²) in [6.07, 6.45) is 3.33. The predicted octanol–water partition coefficient (Wildman–Crippen LogP) is 2.25. The fourth-order valence-corrected chi connectivity index (χ4v) is 3.00. The largest absolute Gasteiger partial charge is 0.444 e. The second-order valence-corrected chi connectivity index (χ2v) is 6.70. The first kappa shape index (κ1) is 14.3. The van der Waals surface area contributed by atoms with E-state index in [2.05, 4.69) is 15.0 Å². The fraction of sp³-hybridized carbons (Fsp3) is 0.692. The van der Waals surface area contributed by atoms with Crippen LogP contribution in [0.5, 0.6) is 0 Å². The Labute approximate surface area is 117 Å². The van der Waals surface area contributed by atoms with E-state index in [0.29, 0.717) is 6.54 Å². The third-order valence-electron chi connectivity index (χ3n) is 3.03. The molecule has 1 aromatic heterocycles. The number of ether oxygens (including phenoxy) is 1. The number of piperidine rings is 1. The molecule has 6 heteroatoms. The van der Waals surface area contributed by atoms with Crippen LogP contribution in [-0.2, 0) is 10.3 Å². The molecule has 0 radical (unpaired) electrons. The first-order valence-electron chi connectivity index (χ1n) is 6.54. The van der Waals surface area contributed by atoms with Gasteiger partial charge in [-0.3, -0.25) is 0 Å². The van der Waals surface area contributed by atoms with Crippen molar-refractivity contribution in [3.8, 4) is 0 Å². The number of alkyl carbamates (subject to hydrolysis) is 1. The van der Waals surface area contributed by atoms with Gasteiger partial charge in [-0.2, -0.15) is 0 Å². The number of nitrogens with zero attached hydrogens (tertiary/aromatic N) is 1. The summed E-state index contributed by atoms with van der Waals surface area (Å²) in [6, 6.07) is 1.97. The molecular formula is C13H21N3O2S. The van der Waals surface area contributed by atoms with Crippen molar-refractivity contribution in [1.29, 1.82) is 0 Å². The molecule has 1 atom stereocenters. The summed E-state index contributed by atoms with van der Waals surface area (Å²) >= 11 is 1.43. The molecule has 5 nitrogen and oxygen atoms in total. The Kier molecular flexibility index (Phi) is 4.10. The van der Waals surface area contributed by atoms with Gasteiger partial charge in [-0.1, -0.05) is 0 Å². The van der Waals surface area contributed by atoms with Crippen molar-refractivity contribution in [3.05, 3.63) is 17.1 Å². The zero-order valence-electron chi connectivity index (χ0n) is 11.7. The third-order valence-corrected chi connectivity index (χ3v) is 3.98. The molecule has 106 valence electrons. The molecule has 0 aliphatic carbocycles. The smallest absolute Gasteiger partial charge is 0.408 e. The molecule has 1 aliphatic heterocycles. The van der Waals surface area contributed by atoms with Gasteiger partial charge in [0.1, 0.15) is 5.60 Å². The molecule has 0 bridgehead atoms. The van der Waals surface area contributed by atoms with Gasteiger partial charge in [-0.25, -0.2) is 9.17 Å². The van der Waals surface area contributed by atoms with E-state index < -0.39 is 5.60 Å². The molecule has 1 fully saturated rings. The maximum absolute atomic E-state index is 12.1. The van der Waals surface area contributed by atoms with Gasteiger partial charge in [0.2, 0.25) is 0 Å². The lowest BCUT2D eigenvalue weighted by Crippen LogP contribution is -2.55. The summed E-state index contributed by atoms with van der Waals surface area (Å²) in [6.45, 7) is 7.30. The maximum Gasteiger partial charge on any atom is 0.408 e. The molecule has 1 amide bonds. The normalized spacial score (nSPS) is 23.9. The lowest BCUT2D eigenvalue weighted by molar-refractivity contribution is 0.0434. The maximum atomic E-state index is 12.1. The minimum Gasteiger partial charge on any atom is -0.444 e. The van der Waals surface area contributed by atoms with Crippen molar-refractivity contribution in [2.45, 2.75) is 44.8 Å². The van der Waals surface area contributed by atoms with Gasteiger partial charge in [-0.15, -0.1) is 0 Å². The predicted molar refractivity (Wildman–Crippen MR) is 75.3 cm³/mol. The minimum atomic E-state index is -0.485. The molecule has 1 aromatic rings. The van der Waals surface area contributed by atoms with Crippen molar-refractivity contribution in [2.24, 2.45) is 0 Å². The third kappa shape index (κ3) is 3.67. The first-order valence-corrected chi connectivity index (χ1v) is 7.32. The molecule has 2 N–H and O–H groups in total. The Morgan fingerprint density at radius 1 is 1.58 bits per heavy atom. The molecule has 19 heavy (non-hydrogen) atoms. The topological polar surface area (TPSA) is 63.2 Å². The van der Waals surface area contributed by atoms with Crippen LogP contribution in [0.4, 0.5) is 4.79 Å². The van der Waals surface area contributed by atoms with Crippen molar-refractivity contribution < 1.29 is 9.53 Å². The zero-order valence-corrected chi connectivity index (χ0v) is 12.5. The van der Waals surface area contributed by atoms with Crippen LogP contribution < -0.4 is 10.6 Å². The van der Waals surface area contributed by atoms with Crippen molar-refractivity contribution in [2.75, 3.05) is 13.1 Å². The second-order valence-electron chi connectivity index (χ2n) is 5.87. The van der Waals surface area contributed by atoms with Crippen LogP contribution in [0.2, 0.25) is 0 Å². The molecule has 0 saturated carbocycles. The van der Waals surface area contributed by atoms with E-state index in [1.165, 1.54) is 11.5 Å². The Balaban J connectivity index is 2.13. The van der Waals surface area contributed by atoms with E-state index in [9.17, 15) is 4.79 Å². The van der Waals surface area contributed by atoms with Crippen molar-refractivity contribution in [1.82, 2.24) is 15.0 Å². The fourth-order valence-electron chi connectivity index (χ4n) is 2.25. The number of hydrogen-bond donors (Lipinski definition) is 2. The van der Waals surface area contributed by atoms with Crippen molar-refractivity contribution >= 4 is 17.6 Å². The molecule has 1 saturated heterocycles. The van der Waals surface area contributed by atoms with E-state index in [1.807, 2.05) is 26.8 Å². The monoisotopic (exact) mass is 283 g/mol. The minimum absolute atomic E-state index is 0.371. The Bertz CT molecular complexity index is 420. The van der Waals surface area contributed by atoms with E-state index >= 15 is 0 Å². The van der Waals surface area contributed by atoms with Crippen LogP contribution in [-0.4, -0.2) is 29.2 Å². The number of carbonyl (C=O) groups is 1. The van der Waals surface area contributed by atoms with Gasteiger partial charge in [0.25, 0.3) is 0 Å². The van der Waals surface area contributed by atoms with E-state index in [0.717, 1.165) is 24.3 Å². The average molecular weight is 283 g/mol. The first-order chi connectivity index (χ1) is 8.91. The Hall–Kier alpha value is -1.14. The molecule has 0 aromatic carbocycles. The SMILES string of the molecule is CC(C)(C)OC(=O)NC1(c2ccns2)CCCNC1. The van der Waals surface area contributed by atoms with Crippen LogP contribution >= 0.6 is 11.5 Å². The quantitative estimate of drug-likeness (QED) is 0.874. The number of amides is 1. The van der Waals surface area contributed by atoms with Gasteiger partial charge >= 0.3 is 6.09 Å². The second kappa shape index (κ2) is 5.46. The summed E-state index contributed by atoms with van der Waals surface area (Å²) in [7, 11) is 0. The van der Waals surface area contributed by atoms with E-state index in [-0.39, 0.29) is 11.6 Å². The van der Waals surface area contributed by atoms with E-state index in [4.69, 9.17) is 4.74 Å². The molecule has 1 unspecified atom stereocenters. The Morgan fingerprint density at radius 3 is 2.89 bits per heavy atom. The highest BCUT2D eigenvalue weighted by atomic mass is 32.1. The lowest BCUT2D eigenvalue weighted by Gasteiger charge is -2.37. The summed E-state index contributed by atoms with van der Waals surface area (Å²) in [5.74, 6) is 0. The Morgan fingerprint density at radius 2 is 2.37 bits per heavy atom. The molecular weight excluding hydrogens is 262 g/mol. The van der Waals surface area contributed by atoms with Crippen LogP contribution in [0.3, 0.4) is 0 Å². The molecule has 2 heterocycles. The lowest BCUT2D eigenvalue weighted by atomic mass is 9.88. The van der Waals surface area contributed by atoms with Gasteiger partial charge in [0, 0.05) is 12.7 Å². The zero-order chi connectivity index (χ0) is 13.9. The highest BCUT2D eigenvalue weighted by Gasteiger charge is 2.38. The molecule has 2 rings (SSSR count). The highest BCUT2D eigenvalue weighted by molar-refractivity contribution is 7.05. The summed E-state index contributed by atoms with van der Waals surface area (Å²) in [5.41, 5.74) is -0.872. The molecule has 1 aliphatic rings. The number of hydrogen-bond acceptors (Lipinski definition) is 5. The van der Waals surface area contributed by atoms with Crippen LogP contribution in [0.25, 0.3) is 0 Å². The number of carbonyl (C=O) groups excluding carboxylic acids is 1. The number of rotatable bonds is 2. The van der Waals surface area contributed by atoms with Gasteiger partial charge in [0.15, 0.2) is 0 Å². The van der Waals surface area contributed by atoms with Crippen LogP contribution in [0, 0.1) is 0 Å². The average Bonchev–Trinajstić information content (AvgIpc) is 2.81. The summed E-state index contributed by atoms with van der Waals surface area (Å²) in [4.78, 5) is 13.1. The van der Waals surface area contributed by atoms with Gasteiger partial charge < -0.3 is 15.4 Å².